The average Bonchev–Trinajstić information content (AvgIpc) is 2.80. The lowest BCUT2D eigenvalue weighted by atomic mass is 9.70. The third-order valence-electron chi connectivity index (χ3n) is 2.31. The first-order valence-electron chi connectivity index (χ1n) is 3.71. The Morgan fingerprint density at radius 1 is 1.73 bits per heavy atom. The fourth-order valence-electron chi connectivity index (χ4n) is 1.58. The Hall–Kier alpha value is -0.895. The molecule has 0 bridgehead atoms. The molecule has 2 unspecified atom stereocenters. The predicted octanol–water partition coefficient (Wildman–Crippen LogP) is 0.905. The fourth-order valence-corrected chi connectivity index (χ4v) is 1.58. The van der Waals surface area contributed by atoms with Crippen LogP contribution in [0.5, 0.6) is 0 Å². The second-order valence-corrected chi connectivity index (χ2v) is 3.04. The van der Waals surface area contributed by atoms with Crippen molar-refractivity contribution in [2.24, 2.45) is 16.9 Å². The van der Waals surface area contributed by atoms with Crippen molar-refractivity contribution in [3.63, 3.8) is 0 Å². The summed E-state index contributed by atoms with van der Waals surface area (Å²) in [6.07, 6.45) is 6.85. The fraction of sp³-hybridized carbons (Fsp3) is 0.429. The van der Waals surface area contributed by atoms with Crippen LogP contribution in [0.25, 0.3) is 0 Å². The molecule has 2 aliphatic rings. The van der Waals surface area contributed by atoms with Crippen molar-refractivity contribution in [2.75, 3.05) is 0 Å². The summed E-state index contributed by atoms with van der Waals surface area (Å²) in [6, 6.07) is 0. The molecule has 1 N–H and O–H groups in total. The van der Waals surface area contributed by atoms with Gasteiger partial charge in [0.2, 0.25) is 0 Å². The van der Waals surface area contributed by atoms with E-state index in [1.807, 2.05) is 6.08 Å². The molecule has 0 aliphatic heterocycles. The maximum absolute atomic E-state index is 10.0. The minimum absolute atomic E-state index is 0.396. The van der Waals surface area contributed by atoms with Gasteiger partial charge < -0.3 is 5.02 Å². The molecule has 0 aromatic rings. The summed E-state index contributed by atoms with van der Waals surface area (Å²) < 4.78 is 0. The first-order chi connectivity index (χ1) is 5.33. The largest absolute Gasteiger partial charge is 0.513 e. The molecular formula is C7H8BNO2. The van der Waals surface area contributed by atoms with E-state index in [9.17, 15) is 4.91 Å². The highest BCUT2D eigenvalue weighted by Gasteiger charge is 2.43. The summed E-state index contributed by atoms with van der Waals surface area (Å²) >= 11 is 0. The second-order valence-electron chi connectivity index (χ2n) is 3.04. The molecule has 0 spiro atoms. The maximum atomic E-state index is 10.0. The second kappa shape index (κ2) is 2.31. The van der Waals surface area contributed by atoms with Gasteiger partial charge in [-0.1, -0.05) is 23.3 Å². The molecule has 11 heavy (non-hydrogen) atoms. The Morgan fingerprint density at radius 3 is 3.27 bits per heavy atom. The highest BCUT2D eigenvalue weighted by Crippen LogP contribution is 2.47. The zero-order valence-electron chi connectivity index (χ0n) is 5.97. The molecule has 56 valence electrons. The first kappa shape index (κ1) is 6.79. The lowest BCUT2D eigenvalue weighted by Crippen LogP contribution is -2.15. The SMILES string of the molecule is O=NB(O)C1=CC=CC2CC12. The Balaban J connectivity index is 2.18. The standard InChI is InChI=1S/C7H8BNO2/c10-8(9-11)7-3-1-2-5-4-6(5)7/h1-3,5-6,10H,4H2. The maximum Gasteiger partial charge on any atom is 0.513 e. The van der Waals surface area contributed by atoms with Crippen molar-refractivity contribution in [2.45, 2.75) is 6.42 Å². The van der Waals surface area contributed by atoms with Crippen molar-refractivity contribution in [1.29, 1.82) is 0 Å². The van der Waals surface area contributed by atoms with Crippen LogP contribution in [-0.4, -0.2) is 12.1 Å². The van der Waals surface area contributed by atoms with Crippen LogP contribution in [0.1, 0.15) is 6.42 Å². The quantitative estimate of drug-likeness (QED) is 0.468. The topological polar surface area (TPSA) is 49.7 Å². The number of hydrogen-bond acceptors (Lipinski definition) is 3. The number of hydrogen-bond donors (Lipinski definition) is 1. The molecule has 0 amide bonds. The highest BCUT2D eigenvalue weighted by atomic mass is 16.3. The van der Waals surface area contributed by atoms with Crippen LogP contribution in [0, 0.1) is 16.7 Å². The van der Waals surface area contributed by atoms with Crippen LogP contribution >= 0.6 is 0 Å². The molecule has 2 aliphatic carbocycles. The number of nitrogens with zero attached hydrogens (tertiary/aromatic N) is 1. The van der Waals surface area contributed by atoms with Gasteiger partial charge >= 0.3 is 7.05 Å². The molecule has 0 aromatic carbocycles. The zero-order valence-corrected chi connectivity index (χ0v) is 5.97. The van der Waals surface area contributed by atoms with E-state index in [2.05, 4.69) is 11.2 Å². The molecular weight excluding hydrogens is 141 g/mol. The van der Waals surface area contributed by atoms with E-state index in [1.165, 1.54) is 0 Å². The molecule has 1 saturated carbocycles. The van der Waals surface area contributed by atoms with Crippen molar-refractivity contribution < 1.29 is 5.02 Å². The van der Waals surface area contributed by atoms with Crippen molar-refractivity contribution in [3.05, 3.63) is 28.6 Å². The smallest absolute Gasteiger partial charge is 0.425 e. The summed E-state index contributed by atoms with van der Waals surface area (Å²) in [5.41, 5.74) is 0.785. The summed E-state index contributed by atoms with van der Waals surface area (Å²) in [6.45, 7) is 0. The van der Waals surface area contributed by atoms with Gasteiger partial charge in [-0.15, -0.1) is 0 Å². The third kappa shape index (κ3) is 1.03. The molecule has 3 nitrogen and oxygen atoms in total. The number of allylic oxidation sites excluding steroid dienone is 4. The Kier molecular flexibility index (Phi) is 1.42. The van der Waals surface area contributed by atoms with Gasteiger partial charge in [-0.2, -0.15) is 4.91 Å². The minimum atomic E-state index is -1.12. The van der Waals surface area contributed by atoms with E-state index in [4.69, 9.17) is 5.02 Å². The van der Waals surface area contributed by atoms with E-state index < -0.39 is 7.05 Å². The first-order valence-corrected chi connectivity index (χ1v) is 3.71. The van der Waals surface area contributed by atoms with Crippen LogP contribution in [0.4, 0.5) is 0 Å². The number of nitroso groups, excluding NO2 is 1. The Morgan fingerprint density at radius 2 is 2.55 bits per heavy atom. The number of rotatable bonds is 2. The van der Waals surface area contributed by atoms with Gasteiger partial charge in [-0.25, -0.2) is 0 Å². The van der Waals surface area contributed by atoms with E-state index in [-0.39, 0.29) is 0 Å². The zero-order chi connectivity index (χ0) is 7.84. The molecule has 0 saturated heterocycles. The van der Waals surface area contributed by atoms with Gasteiger partial charge in [0.1, 0.15) is 0 Å². The predicted molar refractivity (Wildman–Crippen MR) is 42.6 cm³/mol. The lowest BCUT2D eigenvalue weighted by molar-refractivity contribution is 0.576. The van der Waals surface area contributed by atoms with E-state index in [0.717, 1.165) is 11.9 Å². The van der Waals surface area contributed by atoms with Crippen LogP contribution in [0.2, 0.25) is 0 Å². The van der Waals surface area contributed by atoms with E-state index >= 15 is 0 Å². The van der Waals surface area contributed by atoms with E-state index in [0.29, 0.717) is 11.8 Å². The monoisotopic (exact) mass is 149 g/mol. The summed E-state index contributed by atoms with van der Waals surface area (Å²) in [5, 5.41) is 11.7. The van der Waals surface area contributed by atoms with Gasteiger partial charge in [0, 0.05) is 0 Å². The summed E-state index contributed by atoms with van der Waals surface area (Å²) in [4.78, 5) is 10.0. The molecule has 0 radical (unpaired) electrons. The van der Waals surface area contributed by atoms with Gasteiger partial charge in [0.05, 0.1) is 0 Å². The van der Waals surface area contributed by atoms with Crippen LogP contribution in [-0.2, 0) is 0 Å². The summed E-state index contributed by atoms with van der Waals surface area (Å²) in [7, 11) is -1.12. The van der Waals surface area contributed by atoms with Gasteiger partial charge in [0.15, 0.2) is 0 Å². The molecule has 0 heterocycles. The Labute approximate surface area is 64.9 Å². The van der Waals surface area contributed by atoms with Gasteiger partial charge in [-0.3, -0.25) is 0 Å². The molecule has 1 fully saturated rings. The van der Waals surface area contributed by atoms with Crippen molar-refractivity contribution in [3.8, 4) is 0 Å². The van der Waals surface area contributed by atoms with Gasteiger partial charge in [-0.05, 0) is 23.7 Å². The molecule has 2 rings (SSSR count). The van der Waals surface area contributed by atoms with Crippen molar-refractivity contribution >= 4 is 7.05 Å². The lowest BCUT2D eigenvalue weighted by Gasteiger charge is -2.04. The van der Waals surface area contributed by atoms with Crippen LogP contribution in [0.15, 0.2) is 28.8 Å². The number of fused-ring (bicyclic) bond motifs is 1. The van der Waals surface area contributed by atoms with Crippen molar-refractivity contribution in [1.82, 2.24) is 0 Å². The molecule has 2 atom stereocenters. The molecule has 0 aromatic heterocycles. The normalized spacial score (nSPS) is 32.3. The third-order valence-corrected chi connectivity index (χ3v) is 2.31. The summed E-state index contributed by atoms with van der Waals surface area (Å²) in [5.74, 6) is 0.957. The highest BCUT2D eigenvalue weighted by molar-refractivity contribution is 6.57. The van der Waals surface area contributed by atoms with E-state index in [1.54, 1.807) is 6.08 Å². The average molecular weight is 149 g/mol. The minimum Gasteiger partial charge on any atom is -0.425 e. The van der Waals surface area contributed by atoms with Crippen LogP contribution in [0.3, 0.4) is 0 Å². The van der Waals surface area contributed by atoms with Crippen LogP contribution < -0.4 is 0 Å². The molecule has 4 heteroatoms. The van der Waals surface area contributed by atoms with Gasteiger partial charge in [0.25, 0.3) is 0 Å². The Bertz CT molecular complexity index is 249.